The fourth-order valence-electron chi connectivity index (χ4n) is 3.38. The van der Waals surface area contributed by atoms with Crippen LogP contribution in [0.3, 0.4) is 0 Å². The van der Waals surface area contributed by atoms with E-state index in [1.807, 2.05) is 0 Å². The van der Waals surface area contributed by atoms with Crippen LogP contribution in [0.2, 0.25) is 0 Å². The lowest BCUT2D eigenvalue weighted by molar-refractivity contribution is 0.0929. The summed E-state index contributed by atoms with van der Waals surface area (Å²) in [6.45, 7) is 6.43. The van der Waals surface area contributed by atoms with Gasteiger partial charge in [0.25, 0.3) is 11.8 Å². The largest absolute Gasteiger partial charge is 0.446 e. The quantitative estimate of drug-likeness (QED) is 0.761. The van der Waals surface area contributed by atoms with E-state index in [0.717, 1.165) is 25.9 Å². The van der Waals surface area contributed by atoms with E-state index >= 15 is 0 Å². The first-order valence-corrected chi connectivity index (χ1v) is 9.52. The molecule has 0 saturated carbocycles. The molecule has 0 bridgehead atoms. The molecule has 28 heavy (non-hydrogen) atoms. The van der Waals surface area contributed by atoms with E-state index in [0.29, 0.717) is 18.2 Å². The summed E-state index contributed by atoms with van der Waals surface area (Å²) < 4.78 is 18.3. The van der Waals surface area contributed by atoms with E-state index in [2.05, 4.69) is 27.4 Å². The van der Waals surface area contributed by atoms with Crippen LogP contribution in [-0.2, 0) is 0 Å². The van der Waals surface area contributed by atoms with Gasteiger partial charge >= 0.3 is 0 Å². The molecular formula is C20H25FN4O3. The van der Waals surface area contributed by atoms with Gasteiger partial charge in [-0.2, -0.15) is 0 Å². The number of amides is 2. The van der Waals surface area contributed by atoms with Gasteiger partial charge in [0.2, 0.25) is 5.89 Å². The minimum absolute atomic E-state index is 0.180. The van der Waals surface area contributed by atoms with Crippen LogP contribution in [0.4, 0.5) is 4.39 Å². The number of halogens is 1. The molecule has 1 saturated heterocycles. The SMILES string of the molecule is CCN1CCC[C@H]1CNC(=O)c1coc([C@@H](C)NC(=O)c2ccc(F)cc2)n1. The highest BCUT2D eigenvalue weighted by atomic mass is 19.1. The Bertz CT molecular complexity index is 821. The highest BCUT2D eigenvalue weighted by Gasteiger charge is 2.24. The number of hydrogen-bond donors (Lipinski definition) is 2. The number of aromatic nitrogens is 1. The van der Waals surface area contributed by atoms with Gasteiger partial charge in [-0.3, -0.25) is 14.5 Å². The zero-order valence-electron chi connectivity index (χ0n) is 16.1. The van der Waals surface area contributed by atoms with Crippen molar-refractivity contribution in [3.63, 3.8) is 0 Å². The third kappa shape index (κ3) is 4.75. The molecule has 3 rings (SSSR count). The van der Waals surface area contributed by atoms with Crippen molar-refractivity contribution >= 4 is 11.8 Å². The van der Waals surface area contributed by atoms with Crippen LogP contribution in [0.15, 0.2) is 34.9 Å². The second kappa shape index (κ2) is 8.97. The summed E-state index contributed by atoms with van der Waals surface area (Å²) in [6.07, 6.45) is 3.51. The fourth-order valence-corrected chi connectivity index (χ4v) is 3.38. The average Bonchev–Trinajstić information content (AvgIpc) is 3.35. The van der Waals surface area contributed by atoms with Crippen molar-refractivity contribution in [3.05, 3.63) is 53.5 Å². The summed E-state index contributed by atoms with van der Waals surface area (Å²) in [5, 5.41) is 5.62. The average molecular weight is 388 g/mol. The van der Waals surface area contributed by atoms with Crippen LogP contribution in [0.5, 0.6) is 0 Å². The molecule has 1 aromatic carbocycles. The summed E-state index contributed by atoms with van der Waals surface area (Å²) in [6, 6.07) is 5.05. The van der Waals surface area contributed by atoms with Gasteiger partial charge in [-0.1, -0.05) is 6.92 Å². The van der Waals surface area contributed by atoms with Crippen molar-refractivity contribution in [2.45, 2.75) is 38.8 Å². The predicted octanol–water partition coefficient (Wildman–Crippen LogP) is 2.52. The lowest BCUT2D eigenvalue weighted by atomic mass is 10.2. The molecule has 2 N–H and O–H groups in total. The molecule has 0 aliphatic carbocycles. The van der Waals surface area contributed by atoms with E-state index in [1.165, 1.54) is 30.5 Å². The standard InChI is InChI=1S/C20H25FN4O3/c1-3-25-10-4-5-16(25)11-22-19(27)17-12-28-20(24-17)13(2)23-18(26)14-6-8-15(21)9-7-14/h6-9,12-13,16H,3-5,10-11H2,1-2H3,(H,22,27)(H,23,26)/t13-,16+/m1/s1. The van der Waals surface area contributed by atoms with Crippen molar-refractivity contribution in [1.29, 1.82) is 0 Å². The van der Waals surface area contributed by atoms with Crippen molar-refractivity contribution in [2.24, 2.45) is 0 Å². The molecule has 1 fully saturated rings. The van der Waals surface area contributed by atoms with Crippen molar-refractivity contribution in [2.75, 3.05) is 19.6 Å². The van der Waals surface area contributed by atoms with E-state index in [1.54, 1.807) is 6.92 Å². The number of nitrogens with one attached hydrogen (secondary N) is 2. The number of benzene rings is 1. The first-order valence-electron chi connectivity index (χ1n) is 9.52. The summed E-state index contributed by atoms with van der Waals surface area (Å²) in [4.78, 5) is 31.1. The third-order valence-electron chi connectivity index (χ3n) is 4.98. The van der Waals surface area contributed by atoms with Crippen LogP contribution < -0.4 is 10.6 Å². The molecule has 0 spiro atoms. The lowest BCUT2D eigenvalue weighted by Crippen LogP contribution is -2.40. The Balaban J connectivity index is 1.54. The molecule has 1 aromatic heterocycles. The maximum absolute atomic E-state index is 13.0. The number of rotatable bonds is 7. The second-order valence-electron chi connectivity index (χ2n) is 6.91. The maximum Gasteiger partial charge on any atom is 0.273 e. The fraction of sp³-hybridized carbons (Fsp3) is 0.450. The summed E-state index contributed by atoms with van der Waals surface area (Å²) in [5.41, 5.74) is 0.508. The number of carbonyl (C=O) groups is 2. The van der Waals surface area contributed by atoms with Crippen molar-refractivity contribution < 1.29 is 18.4 Å². The first-order chi connectivity index (χ1) is 13.5. The number of likely N-dealkylation sites (N-methyl/N-ethyl adjacent to an activating group) is 1. The molecule has 2 aromatic rings. The maximum atomic E-state index is 13.0. The summed E-state index contributed by atoms with van der Waals surface area (Å²) in [7, 11) is 0. The Labute approximate surface area is 163 Å². The molecule has 2 atom stereocenters. The van der Waals surface area contributed by atoms with Gasteiger partial charge in [0.15, 0.2) is 5.69 Å². The zero-order chi connectivity index (χ0) is 20.1. The smallest absolute Gasteiger partial charge is 0.273 e. The van der Waals surface area contributed by atoms with Gasteiger partial charge in [0, 0.05) is 18.2 Å². The van der Waals surface area contributed by atoms with Crippen LogP contribution >= 0.6 is 0 Å². The molecule has 150 valence electrons. The van der Waals surface area contributed by atoms with Gasteiger partial charge in [0.05, 0.1) is 0 Å². The molecule has 0 unspecified atom stereocenters. The molecule has 0 radical (unpaired) electrons. The van der Waals surface area contributed by atoms with E-state index in [4.69, 9.17) is 4.42 Å². The van der Waals surface area contributed by atoms with Crippen molar-refractivity contribution in [1.82, 2.24) is 20.5 Å². The molecule has 2 amide bonds. The number of likely N-dealkylation sites (tertiary alicyclic amines) is 1. The normalized spacial score (nSPS) is 18.0. The van der Waals surface area contributed by atoms with Gasteiger partial charge in [-0.05, 0) is 57.1 Å². The minimum Gasteiger partial charge on any atom is -0.446 e. The molecule has 2 heterocycles. The first kappa shape index (κ1) is 20.0. The number of oxazole rings is 1. The van der Waals surface area contributed by atoms with Gasteiger partial charge in [-0.15, -0.1) is 0 Å². The van der Waals surface area contributed by atoms with E-state index < -0.39 is 11.9 Å². The summed E-state index contributed by atoms with van der Waals surface area (Å²) >= 11 is 0. The Hall–Kier alpha value is -2.74. The van der Waals surface area contributed by atoms with Crippen molar-refractivity contribution in [3.8, 4) is 0 Å². The van der Waals surface area contributed by atoms with Gasteiger partial charge in [-0.25, -0.2) is 9.37 Å². The minimum atomic E-state index is -0.537. The predicted molar refractivity (Wildman–Crippen MR) is 101 cm³/mol. The molecule has 1 aliphatic heterocycles. The Kier molecular flexibility index (Phi) is 6.41. The third-order valence-corrected chi connectivity index (χ3v) is 4.98. The second-order valence-corrected chi connectivity index (χ2v) is 6.91. The molecule has 7 nitrogen and oxygen atoms in total. The number of carbonyl (C=O) groups excluding carboxylic acids is 2. The monoisotopic (exact) mass is 388 g/mol. The van der Waals surface area contributed by atoms with Crippen LogP contribution in [0, 0.1) is 5.82 Å². The van der Waals surface area contributed by atoms with Crippen LogP contribution in [0.1, 0.15) is 59.5 Å². The molecule has 8 heteroatoms. The Morgan fingerprint density at radius 2 is 2.07 bits per heavy atom. The van der Waals surface area contributed by atoms with Gasteiger partial charge < -0.3 is 15.1 Å². The van der Waals surface area contributed by atoms with E-state index in [9.17, 15) is 14.0 Å². The van der Waals surface area contributed by atoms with Gasteiger partial charge in [0.1, 0.15) is 18.1 Å². The topological polar surface area (TPSA) is 87.5 Å². The molecular weight excluding hydrogens is 363 g/mol. The number of nitrogens with zero attached hydrogens (tertiary/aromatic N) is 2. The number of hydrogen-bond acceptors (Lipinski definition) is 5. The van der Waals surface area contributed by atoms with E-state index in [-0.39, 0.29) is 23.4 Å². The highest BCUT2D eigenvalue weighted by Crippen LogP contribution is 2.16. The Morgan fingerprint density at radius 1 is 1.32 bits per heavy atom. The Morgan fingerprint density at radius 3 is 2.79 bits per heavy atom. The zero-order valence-corrected chi connectivity index (χ0v) is 16.1. The lowest BCUT2D eigenvalue weighted by Gasteiger charge is -2.22. The van der Waals surface area contributed by atoms with Crippen LogP contribution in [0.25, 0.3) is 0 Å². The highest BCUT2D eigenvalue weighted by molar-refractivity contribution is 5.94. The van der Waals surface area contributed by atoms with Crippen LogP contribution in [-0.4, -0.2) is 47.4 Å². The molecule has 1 aliphatic rings. The summed E-state index contributed by atoms with van der Waals surface area (Å²) in [5.74, 6) is -0.850.